The van der Waals surface area contributed by atoms with Gasteiger partial charge < -0.3 is 15.0 Å². The number of ether oxygens (including phenoxy) is 1. The molecule has 1 atom stereocenters. The van der Waals surface area contributed by atoms with Gasteiger partial charge in [-0.2, -0.15) is 5.10 Å². The average molecular weight is 346 g/mol. The second-order valence-corrected chi connectivity index (χ2v) is 5.22. The molecule has 2 aromatic heterocycles. The number of hydrogen-bond donors (Lipinski definition) is 1. The molecule has 0 aliphatic carbocycles. The smallest absolute Gasteiger partial charge is 0.870 e. The molecule has 0 saturated carbocycles. The number of benzene rings is 1. The summed E-state index contributed by atoms with van der Waals surface area (Å²) < 4.78 is 5.75. The van der Waals surface area contributed by atoms with E-state index >= 15 is 0 Å². The summed E-state index contributed by atoms with van der Waals surface area (Å²) in [7, 11) is 0. The van der Waals surface area contributed by atoms with E-state index < -0.39 is 0 Å². The first-order valence-corrected chi connectivity index (χ1v) is 7.31. The Bertz CT molecular complexity index is 777. The summed E-state index contributed by atoms with van der Waals surface area (Å²) >= 11 is 0. The van der Waals surface area contributed by atoms with Crippen LogP contribution in [0, 0.1) is 0 Å². The molecule has 0 spiro atoms. The number of H-pyrrole nitrogens is 1. The summed E-state index contributed by atoms with van der Waals surface area (Å²) in [6.45, 7) is 2.25. The van der Waals surface area contributed by atoms with Crippen LogP contribution in [0.4, 0.5) is 0 Å². The quantitative estimate of drug-likeness (QED) is 0.504. The fourth-order valence-electron chi connectivity index (χ4n) is 2.21. The normalized spacial score (nSPS) is 10.9. The maximum absolute atomic E-state index is 10.8. The number of carbonyl (C=O) groups excluding carboxylic acids is 1. The molecular formula is C18H17N3NaO3-. The zero-order valence-corrected chi connectivity index (χ0v) is 16.1. The third-order valence-corrected chi connectivity index (χ3v) is 3.55. The molecule has 0 radical (unpaired) electrons. The summed E-state index contributed by atoms with van der Waals surface area (Å²) in [6.07, 6.45) is 5.36. The SMILES string of the molecule is CC([C-]=O)c1cccc(COc2ccc(-c3ccn[nH]3)nc2)c1.[Na+].[OH-]. The third-order valence-electron chi connectivity index (χ3n) is 3.55. The number of rotatable bonds is 6. The van der Waals surface area contributed by atoms with Crippen LogP contribution >= 0.6 is 0 Å². The number of hydrogen-bond acceptors (Lipinski definition) is 5. The van der Waals surface area contributed by atoms with Crippen molar-refractivity contribution < 1.29 is 44.6 Å². The number of aromatic nitrogens is 3. The van der Waals surface area contributed by atoms with E-state index in [1.165, 1.54) is 0 Å². The maximum Gasteiger partial charge on any atom is 1.00 e. The standard InChI is InChI=1S/C18H16N3O2.Na.H2O/c1-13(11-22)15-4-2-3-14(9-15)12-23-16-5-6-17(19-10-16)18-7-8-20-21-18;;/h2-10,13H,12H2,1H3,(H,20,21);;1H2/q-1;+1;/p-1. The van der Waals surface area contributed by atoms with Crippen LogP contribution in [0.1, 0.15) is 24.0 Å². The van der Waals surface area contributed by atoms with Crippen molar-refractivity contribution in [3.8, 4) is 17.1 Å². The van der Waals surface area contributed by atoms with Gasteiger partial charge in [-0.1, -0.05) is 36.8 Å². The number of nitrogens with zero attached hydrogens (tertiary/aromatic N) is 2. The Morgan fingerprint density at radius 1 is 1.24 bits per heavy atom. The van der Waals surface area contributed by atoms with Gasteiger partial charge in [0.25, 0.3) is 0 Å². The zero-order valence-electron chi connectivity index (χ0n) is 14.1. The van der Waals surface area contributed by atoms with Gasteiger partial charge in [0, 0.05) is 6.20 Å². The van der Waals surface area contributed by atoms with Gasteiger partial charge >= 0.3 is 29.6 Å². The van der Waals surface area contributed by atoms with Gasteiger partial charge in [-0.15, -0.1) is 5.92 Å². The molecular weight excluding hydrogens is 329 g/mol. The zero-order chi connectivity index (χ0) is 16.1. The molecule has 0 aliphatic heterocycles. The predicted octanol–water partition coefficient (Wildman–Crippen LogP) is 0.0911. The molecule has 1 unspecified atom stereocenters. The molecule has 0 amide bonds. The second-order valence-electron chi connectivity index (χ2n) is 5.22. The van der Waals surface area contributed by atoms with Crippen molar-refractivity contribution in [2.24, 2.45) is 0 Å². The fourth-order valence-corrected chi connectivity index (χ4v) is 2.21. The molecule has 2 heterocycles. The van der Waals surface area contributed by atoms with Crippen molar-refractivity contribution in [3.63, 3.8) is 0 Å². The summed E-state index contributed by atoms with van der Waals surface area (Å²) in [5.74, 6) is 0.457. The third kappa shape index (κ3) is 5.51. The van der Waals surface area contributed by atoms with Crippen LogP contribution < -0.4 is 34.3 Å². The van der Waals surface area contributed by atoms with Crippen LogP contribution in [-0.2, 0) is 11.4 Å². The van der Waals surface area contributed by atoms with Crippen LogP contribution in [0.15, 0.2) is 54.9 Å². The minimum absolute atomic E-state index is 0. The molecule has 0 fully saturated rings. The van der Waals surface area contributed by atoms with E-state index in [9.17, 15) is 4.79 Å². The first-order valence-electron chi connectivity index (χ1n) is 7.31. The van der Waals surface area contributed by atoms with Crippen molar-refractivity contribution in [3.05, 3.63) is 66.0 Å². The topological polar surface area (TPSA) is 97.9 Å². The number of nitrogens with one attached hydrogen (secondary N) is 1. The minimum atomic E-state index is -0.231. The number of pyridine rings is 1. The summed E-state index contributed by atoms with van der Waals surface area (Å²) in [6, 6.07) is 13.4. The predicted molar refractivity (Wildman–Crippen MR) is 88.6 cm³/mol. The van der Waals surface area contributed by atoms with E-state index in [4.69, 9.17) is 4.74 Å². The fraction of sp³-hybridized carbons (Fsp3) is 0.167. The molecule has 0 bridgehead atoms. The molecule has 25 heavy (non-hydrogen) atoms. The molecule has 1 aromatic carbocycles. The van der Waals surface area contributed by atoms with Gasteiger partial charge in [0.2, 0.25) is 0 Å². The Balaban J connectivity index is 0.00000156. The average Bonchev–Trinajstić information content (AvgIpc) is 3.14. The van der Waals surface area contributed by atoms with Crippen LogP contribution in [0.5, 0.6) is 5.75 Å². The Morgan fingerprint density at radius 3 is 2.72 bits per heavy atom. The van der Waals surface area contributed by atoms with Gasteiger partial charge in [0.1, 0.15) is 12.4 Å². The van der Waals surface area contributed by atoms with E-state index in [1.807, 2.05) is 55.7 Å². The Labute approximate surface area is 168 Å². The van der Waals surface area contributed by atoms with Crippen molar-refractivity contribution in [2.75, 3.05) is 0 Å². The second kappa shape index (κ2) is 10.1. The van der Waals surface area contributed by atoms with E-state index in [2.05, 4.69) is 15.2 Å². The van der Waals surface area contributed by atoms with Crippen molar-refractivity contribution in [2.45, 2.75) is 19.4 Å². The Morgan fingerprint density at radius 2 is 2.08 bits per heavy atom. The Kier molecular flexibility index (Phi) is 8.51. The largest absolute Gasteiger partial charge is 1.00 e. The Hall–Kier alpha value is -1.99. The maximum atomic E-state index is 10.8. The number of aromatic amines is 1. The summed E-state index contributed by atoms with van der Waals surface area (Å²) in [5.41, 5.74) is 3.62. The van der Waals surface area contributed by atoms with E-state index in [0.717, 1.165) is 22.5 Å². The van der Waals surface area contributed by atoms with Crippen molar-refractivity contribution in [1.82, 2.24) is 15.2 Å². The van der Waals surface area contributed by atoms with E-state index in [1.54, 1.807) is 12.4 Å². The van der Waals surface area contributed by atoms with Crippen LogP contribution in [-0.4, -0.2) is 26.9 Å². The minimum Gasteiger partial charge on any atom is -0.870 e. The monoisotopic (exact) mass is 346 g/mol. The van der Waals surface area contributed by atoms with Gasteiger partial charge in [-0.05, 0) is 23.8 Å². The summed E-state index contributed by atoms with van der Waals surface area (Å²) in [5, 5.41) is 6.77. The first kappa shape index (κ1) is 21.1. The van der Waals surface area contributed by atoms with Crippen molar-refractivity contribution in [1.29, 1.82) is 0 Å². The van der Waals surface area contributed by atoms with Crippen molar-refractivity contribution >= 4 is 6.29 Å². The summed E-state index contributed by atoms with van der Waals surface area (Å²) in [4.78, 5) is 15.1. The molecule has 2 N–H and O–H groups in total. The van der Waals surface area contributed by atoms with Gasteiger partial charge in [-0.25, -0.2) is 0 Å². The van der Waals surface area contributed by atoms with E-state index in [0.29, 0.717) is 12.4 Å². The molecule has 0 aliphatic rings. The molecule has 0 saturated heterocycles. The van der Waals surface area contributed by atoms with Crippen LogP contribution in [0.2, 0.25) is 0 Å². The van der Waals surface area contributed by atoms with Crippen LogP contribution in [0.25, 0.3) is 11.4 Å². The molecule has 3 aromatic rings. The van der Waals surface area contributed by atoms with Gasteiger partial charge in [0.15, 0.2) is 0 Å². The molecule has 7 heteroatoms. The van der Waals surface area contributed by atoms with E-state index in [-0.39, 0.29) is 41.0 Å². The van der Waals surface area contributed by atoms with Crippen LogP contribution in [0.3, 0.4) is 0 Å². The molecule has 6 nitrogen and oxygen atoms in total. The van der Waals surface area contributed by atoms with Gasteiger partial charge in [0.05, 0.1) is 17.6 Å². The van der Waals surface area contributed by atoms with Gasteiger partial charge in [-0.3, -0.25) is 16.4 Å². The first-order chi connectivity index (χ1) is 11.3. The molecule has 124 valence electrons. The molecule has 3 rings (SSSR count).